The zero-order chi connectivity index (χ0) is 14.9. The van der Waals surface area contributed by atoms with Gasteiger partial charge in [-0.25, -0.2) is 0 Å². The minimum Gasteiger partial charge on any atom is -0.331 e. The van der Waals surface area contributed by atoms with Gasteiger partial charge in [-0.05, 0) is 49.9 Å². The summed E-state index contributed by atoms with van der Waals surface area (Å²) in [5.74, 6) is 0. The summed E-state index contributed by atoms with van der Waals surface area (Å²) in [7, 11) is 4.15. The van der Waals surface area contributed by atoms with Gasteiger partial charge in [0, 0.05) is 13.1 Å². The third-order valence-electron chi connectivity index (χ3n) is 3.23. The highest BCUT2D eigenvalue weighted by atomic mass is 32.1. The lowest BCUT2D eigenvalue weighted by Gasteiger charge is -2.28. The van der Waals surface area contributed by atoms with Crippen molar-refractivity contribution in [2.75, 3.05) is 20.6 Å². The van der Waals surface area contributed by atoms with Crippen molar-refractivity contribution < 1.29 is 0 Å². The molecule has 2 rings (SSSR count). The van der Waals surface area contributed by atoms with E-state index in [1.165, 1.54) is 0 Å². The third-order valence-corrected chi connectivity index (χ3v) is 3.56. The Morgan fingerprint density at radius 3 is 2.70 bits per heavy atom. The average molecular weight is 288 g/mol. The van der Waals surface area contributed by atoms with Gasteiger partial charge >= 0.3 is 0 Å². The second-order valence-corrected chi connectivity index (χ2v) is 6.65. The zero-order valence-electron chi connectivity index (χ0n) is 12.4. The minimum absolute atomic E-state index is 0.0967. The van der Waals surface area contributed by atoms with Crippen LogP contribution in [-0.4, -0.2) is 35.1 Å². The van der Waals surface area contributed by atoms with Crippen LogP contribution < -0.4 is 0 Å². The van der Waals surface area contributed by atoms with Crippen LogP contribution in [0.5, 0.6) is 0 Å². The Bertz CT molecular complexity index is 716. The number of hydrogen-bond donors (Lipinski definition) is 1. The van der Waals surface area contributed by atoms with Crippen LogP contribution in [0.15, 0.2) is 18.2 Å². The van der Waals surface area contributed by atoms with Crippen molar-refractivity contribution in [1.29, 1.82) is 5.26 Å². The van der Waals surface area contributed by atoms with E-state index in [2.05, 4.69) is 48.5 Å². The Morgan fingerprint density at radius 2 is 2.10 bits per heavy atom. The Kier molecular flexibility index (Phi) is 3.98. The first-order valence-corrected chi connectivity index (χ1v) is 7.01. The summed E-state index contributed by atoms with van der Waals surface area (Å²) in [6.07, 6.45) is 0. The van der Waals surface area contributed by atoms with Crippen LogP contribution in [0.1, 0.15) is 19.4 Å². The smallest absolute Gasteiger partial charge is 0.178 e. The van der Waals surface area contributed by atoms with E-state index in [0.717, 1.165) is 24.1 Å². The number of imidazole rings is 1. The fourth-order valence-corrected chi connectivity index (χ4v) is 2.99. The molecule has 1 aromatic heterocycles. The van der Waals surface area contributed by atoms with Gasteiger partial charge in [-0.15, -0.1) is 0 Å². The molecule has 20 heavy (non-hydrogen) atoms. The number of nitrogens with zero attached hydrogens (tertiary/aromatic N) is 3. The summed E-state index contributed by atoms with van der Waals surface area (Å²) in [5, 5.41) is 9.04. The van der Waals surface area contributed by atoms with Gasteiger partial charge in [0.25, 0.3) is 0 Å². The first kappa shape index (κ1) is 14.8. The van der Waals surface area contributed by atoms with Crippen molar-refractivity contribution in [3.8, 4) is 6.07 Å². The van der Waals surface area contributed by atoms with E-state index in [4.69, 9.17) is 17.5 Å². The van der Waals surface area contributed by atoms with Crippen molar-refractivity contribution in [3.63, 3.8) is 0 Å². The summed E-state index contributed by atoms with van der Waals surface area (Å²) < 4.78 is 2.80. The number of rotatable bonds is 4. The molecule has 0 spiro atoms. The van der Waals surface area contributed by atoms with E-state index >= 15 is 0 Å². The standard InChI is InChI=1S/C15H20N4S/c1-15(2,9-18(3)4)10-19-13-7-11(8-16)5-6-12(13)17-14(19)20/h5-7H,9-10H2,1-4H3,(H,17,20). The van der Waals surface area contributed by atoms with Crippen LogP contribution in [0, 0.1) is 21.5 Å². The van der Waals surface area contributed by atoms with Gasteiger partial charge in [0.05, 0.1) is 22.7 Å². The molecule has 5 heteroatoms. The van der Waals surface area contributed by atoms with E-state index in [0.29, 0.717) is 10.3 Å². The molecule has 4 nitrogen and oxygen atoms in total. The summed E-state index contributed by atoms with van der Waals surface area (Å²) in [6.45, 7) is 6.24. The van der Waals surface area contributed by atoms with Gasteiger partial charge in [-0.2, -0.15) is 5.26 Å². The summed E-state index contributed by atoms with van der Waals surface area (Å²) in [5.41, 5.74) is 2.74. The lowest BCUT2D eigenvalue weighted by atomic mass is 9.93. The highest BCUT2D eigenvalue weighted by molar-refractivity contribution is 7.71. The number of aromatic amines is 1. The monoisotopic (exact) mass is 288 g/mol. The number of fused-ring (bicyclic) bond motifs is 1. The first-order valence-electron chi connectivity index (χ1n) is 6.60. The predicted octanol–water partition coefficient (Wildman–Crippen LogP) is 3.16. The van der Waals surface area contributed by atoms with Crippen molar-refractivity contribution >= 4 is 23.3 Å². The normalized spacial score (nSPS) is 12.0. The molecule has 0 saturated carbocycles. The molecule has 0 fully saturated rings. The van der Waals surface area contributed by atoms with E-state index in [1.807, 2.05) is 18.2 Å². The molecule has 0 amide bonds. The van der Waals surface area contributed by atoms with Crippen LogP contribution in [0.4, 0.5) is 0 Å². The molecule has 0 atom stereocenters. The van der Waals surface area contributed by atoms with Crippen LogP contribution >= 0.6 is 12.2 Å². The maximum absolute atomic E-state index is 9.04. The van der Waals surface area contributed by atoms with Crippen LogP contribution in [0.2, 0.25) is 0 Å². The van der Waals surface area contributed by atoms with Gasteiger partial charge in [0.1, 0.15) is 0 Å². The maximum atomic E-state index is 9.04. The highest BCUT2D eigenvalue weighted by Gasteiger charge is 2.21. The number of benzene rings is 1. The predicted molar refractivity (Wildman–Crippen MR) is 84.2 cm³/mol. The molecule has 0 unspecified atom stereocenters. The SMILES string of the molecule is CN(C)CC(C)(C)Cn1c(=S)[nH]c2ccc(C#N)cc21. The fraction of sp³-hybridized carbons (Fsp3) is 0.467. The number of H-pyrrole nitrogens is 1. The molecule has 0 radical (unpaired) electrons. The number of aromatic nitrogens is 2. The lowest BCUT2D eigenvalue weighted by molar-refractivity contribution is 0.212. The molecular formula is C15H20N4S. The van der Waals surface area contributed by atoms with Gasteiger partial charge in [0.2, 0.25) is 0 Å². The number of nitrogens with one attached hydrogen (secondary N) is 1. The fourth-order valence-electron chi connectivity index (χ4n) is 2.71. The minimum atomic E-state index is 0.0967. The molecule has 0 aliphatic rings. The van der Waals surface area contributed by atoms with Crippen LogP contribution in [0.3, 0.4) is 0 Å². The molecule has 1 heterocycles. The lowest BCUT2D eigenvalue weighted by Crippen LogP contribution is -2.32. The van der Waals surface area contributed by atoms with Crippen molar-refractivity contribution in [2.45, 2.75) is 20.4 Å². The van der Waals surface area contributed by atoms with Crippen molar-refractivity contribution in [2.24, 2.45) is 5.41 Å². The van der Waals surface area contributed by atoms with Gasteiger partial charge in [0.15, 0.2) is 4.77 Å². The molecule has 2 aromatic rings. The van der Waals surface area contributed by atoms with Gasteiger partial charge in [-0.3, -0.25) is 0 Å². The third kappa shape index (κ3) is 3.09. The van der Waals surface area contributed by atoms with E-state index < -0.39 is 0 Å². The summed E-state index contributed by atoms with van der Waals surface area (Å²) >= 11 is 5.42. The molecule has 0 saturated heterocycles. The second-order valence-electron chi connectivity index (χ2n) is 6.26. The molecule has 1 aromatic carbocycles. The molecule has 1 N–H and O–H groups in total. The molecule has 0 aliphatic carbocycles. The van der Waals surface area contributed by atoms with E-state index in [9.17, 15) is 0 Å². The number of hydrogen-bond acceptors (Lipinski definition) is 3. The first-order chi connectivity index (χ1) is 9.32. The highest BCUT2D eigenvalue weighted by Crippen LogP contribution is 2.23. The van der Waals surface area contributed by atoms with Gasteiger partial charge in [-0.1, -0.05) is 13.8 Å². The molecule has 0 bridgehead atoms. The van der Waals surface area contributed by atoms with Crippen molar-refractivity contribution in [3.05, 3.63) is 28.5 Å². The number of nitriles is 1. The molecular weight excluding hydrogens is 268 g/mol. The van der Waals surface area contributed by atoms with Crippen LogP contribution in [0.25, 0.3) is 11.0 Å². The molecule has 106 valence electrons. The van der Waals surface area contributed by atoms with Crippen molar-refractivity contribution in [1.82, 2.24) is 14.5 Å². The quantitative estimate of drug-likeness (QED) is 0.879. The summed E-state index contributed by atoms with van der Waals surface area (Å²) in [4.78, 5) is 5.39. The average Bonchev–Trinajstić information content (AvgIpc) is 2.63. The largest absolute Gasteiger partial charge is 0.331 e. The Labute approximate surface area is 124 Å². The van der Waals surface area contributed by atoms with Crippen LogP contribution in [-0.2, 0) is 6.54 Å². The summed E-state index contributed by atoms with van der Waals surface area (Å²) in [6, 6.07) is 7.80. The maximum Gasteiger partial charge on any atom is 0.178 e. The Morgan fingerprint density at radius 1 is 1.40 bits per heavy atom. The topological polar surface area (TPSA) is 47.8 Å². The zero-order valence-corrected chi connectivity index (χ0v) is 13.2. The van der Waals surface area contributed by atoms with E-state index in [-0.39, 0.29) is 5.41 Å². The Balaban J connectivity index is 2.46. The Hall–Kier alpha value is -1.64. The van der Waals surface area contributed by atoms with Gasteiger partial charge < -0.3 is 14.5 Å². The second kappa shape index (κ2) is 5.39. The van der Waals surface area contributed by atoms with E-state index in [1.54, 1.807) is 0 Å². The molecule has 0 aliphatic heterocycles.